The molecule has 0 spiro atoms. The van der Waals surface area contributed by atoms with E-state index in [1.807, 2.05) is 6.20 Å². The summed E-state index contributed by atoms with van der Waals surface area (Å²) in [4.78, 5) is 9.06. The predicted molar refractivity (Wildman–Crippen MR) is 68.1 cm³/mol. The van der Waals surface area contributed by atoms with Gasteiger partial charge >= 0.3 is 0 Å². The molecule has 1 aromatic heterocycles. The maximum absolute atomic E-state index is 11.4. The van der Waals surface area contributed by atoms with Crippen LogP contribution in [0.15, 0.2) is 6.20 Å². The molecule has 98 valence electrons. The topological polar surface area (TPSA) is 72.0 Å². The Labute approximate surface area is 107 Å². The number of rotatable bonds is 1. The minimum absolute atomic E-state index is 0.216. The number of hydrogen-bond acceptors (Lipinski definition) is 5. The summed E-state index contributed by atoms with van der Waals surface area (Å²) in [5, 5.41) is 3.29. The smallest absolute Gasteiger partial charge is 0.150 e. The van der Waals surface area contributed by atoms with Crippen LogP contribution in [0.1, 0.15) is 35.8 Å². The number of sulfone groups is 1. The van der Waals surface area contributed by atoms with Crippen LogP contribution in [-0.2, 0) is 22.8 Å². The van der Waals surface area contributed by atoms with E-state index in [1.165, 1.54) is 5.56 Å². The Balaban J connectivity index is 1.81. The van der Waals surface area contributed by atoms with E-state index in [1.54, 1.807) is 0 Å². The van der Waals surface area contributed by atoms with Crippen LogP contribution in [-0.4, -0.2) is 36.4 Å². The van der Waals surface area contributed by atoms with Crippen molar-refractivity contribution in [2.75, 3.05) is 18.1 Å². The highest BCUT2D eigenvalue weighted by atomic mass is 32.2. The molecule has 0 amide bonds. The minimum atomic E-state index is -2.81. The van der Waals surface area contributed by atoms with Gasteiger partial charge in [0.25, 0.3) is 0 Å². The zero-order valence-corrected chi connectivity index (χ0v) is 11.0. The first-order chi connectivity index (χ1) is 8.64. The summed E-state index contributed by atoms with van der Waals surface area (Å²) in [5.41, 5.74) is 2.31. The molecule has 0 bridgehead atoms. The average molecular weight is 267 g/mol. The van der Waals surface area contributed by atoms with E-state index >= 15 is 0 Å². The molecule has 0 unspecified atom stereocenters. The summed E-state index contributed by atoms with van der Waals surface area (Å²) in [6, 6.07) is 0. The zero-order chi connectivity index (χ0) is 12.6. The SMILES string of the molecule is O=S1(=O)CCC(c2ncc3c(n2)CCNC3)CC1. The highest BCUT2D eigenvalue weighted by Crippen LogP contribution is 2.27. The number of nitrogens with zero attached hydrogens (tertiary/aromatic N) is 2. The van der Waals surface area contributed by atoms with Crippen LogP contribution in [0.5, 0.6) is 0 Å². The van der Waals surface area contributed by atoms with Gasteiger partial charge in [0, 0.05) is 42.9 Å². The maximum atomic E-state index is 11.4. The maximum Gasteiger partial charge on any atom is 0.150 e. The normalized spacial score (nSPS) is 23.6. The molecule has 1 aromatic rings. The van der Waals surface area contributed by atoms with Crippen molar-refractivity contribution in [3.8, 4) is 0 Å². The summed E-state index contributed by atoms with van der Waals surface area (Å²) in [7, 11) is -2.81. The molecular formula is C12H17N3O2S. The third-order valence-electron chi connectivity index (χ3n) is 3.75. The van der Waals surface area contributed by atoms with Crippen molar-refractivity contribution in [3.05, 3.63) is 23.3 Å². The van der Waals surface area contributed by atoms with Gasteiger partial charge in [0.15, 0.2) is 0 Å². The molecule has 1 saturated heterocycles. The quantitative estimate of drug-likeness (QED) is 0.798. The molecule has 2 aliphatic heterocycles. The van der Waals surface area contributed by atoms with Crippen LogP contribution in [0.25, 0.3) is 0 Å². The fourth-order valence-electron chi connectivity index (χ4n) is 2.60. The van der Waals surface area contributed by atoms with Crippen LogP contribution >= 0.6 is 0 Å². The van der Waals surface area contributed by atoms with Gasteiger partial charge in [-0.15, -0.1) is 0 Å². The van der Waals surface area contributed by atoms with Crippen LogP contribution in [0.3, 0.4) is 0 Å². The van der Waals surface area contributed by atoms with Crippen LogP contribution in [0.2, 0.25) is 0 Å². The summed E-state index contributed by atoms with van der Waals surface area (Å²) in [6.45, 7) is 1.80. The summed E-state index contributed by atoms with van der Waals surface area (Å²) in [6.07, 6.45) is 4.17. The molecule has 0 atom stereocenters. The van der Waals surface area contributed by atoms with E-state index in [4.69, 9.17) is 0 Å². The van der Waals surface area contributed by atoms with Crippen molar-refractivity contribution in [2.45, 2.75) is 31.7 Å². The molecule has 2 aliphatic rings. The van der Waals surface area contributed by atoms with E-state index in [9.17, 15) is 8.42 Å². The predicted octanol–water partition coefficient (Wildman–Crippen LogP) is 0.414. The van der Waals surface area contributed by atoms with Crippen LogP contribution < -0.4 is 5.32 Å². The lowest BCUT2D eigenvalue weighted by Crippen LogP contribution is -2.27. The Morgan fingerprint density at radius 3 is 2.83 bits per heavy atom. The van der Waals surface area contributed by atoms with Crippen LogP contribution in [0, 0.1) is 0 Å². The second-order valence-electron chi connectivity index (χ2n) is 5.05. The average Bonchev–Trinajstić information content (AvgIpc) is 2.38. The van der Waals surface area contributed by atoms with Crippen molar-refractivity contribution in [3.63, 3.8) is 0 Å². The van der Waals surface area contributed by atoms with Gasteiger partial charge in [-0.25, -0.2) is 18.4 Å². The molecule has 5 nitrogen and oxygen atoms in total. The second-order valence-corrected chi connectivity index (χ2v) is 7.36. The van der Waals surface area contributed by atoms with Gasteiger partial charge in [0.1, 0.15) is 15.7 Å². The Morgan fingerprint density at radius 1 is 1.28 bits per heavy atom. The van der Waals surface area contributed by atoms with Gasteiger partial charge in [-0.2, -0.15) is 0 Å². The van der Waals surface area contributed by atoms with Crippen molar-refractivity contribution in [1.29, 1.82) is 0 Å². The highest BCUT2D eigenvalue weighted by molar-refractivity contribution is 7.91. The van der Waals surface area contributed by atoms with E-state index in [0.717, 1.165) is 31.0 Å². The van der Waals surface area contributed by atoms with Gasteiger partial charge in [0.05, 0.1) is 11.5 Å². The molecular weight excluding hydrogens is 250 g/mol. The Morgan fingerprint density at radius 2 is 2.06 bits per heavy atom. The monoisotopic (exact) mass is 267 g/mol. The standard InChI is InChI=1S/C12H17N3O2S/c16-18(17)5-2-9(3-6-18)12-14-8-10-7-13-4-1-11(10)15-12/h8-9,13H,1-7H2. The fourth-order valence-corrected chi connectivity index (χ4v) is 4.09. The molecule has 1 fully saturated rings. The van der Waals surface area contributed by atoms with Crippen LogP contribution in [0.4, 0.5) is 0 Å². The van der Waals surface area contributed by atoms with Gasteiger partial charge in [-0.05, 0) is 12.8 Å². The number of hydrogen-bond donors (Lipinski definition) is 1. The van der Waals surface area contributed by atoms with E-state index < -0.39 is 9.84 Å². The van der Waals surface area contributed by atoms with Crippen molar-refractivity contribution >= 4 is 9.84 Å². The first-order valence-corrected chi connectivity index (χ1v) is 8.22. The summed E-state index contributed by atoms with van der Waals surface area (Å²) >= 11 is 0. The van der Waals surface area contributed by atoms with Crippen molar-refractivity contribution < 1.29 is 8.42 Å². The first-order valence-electron chi connectivity index (χ1n) is 6.40. The van der Waals surface area contributed by atoms with E-state index in [2.05, 4.69) is 15.3 Å². The molecule has 0 saturated carbocycles. The van der Waals surface area contributed by atoms with Crippen molar-refractivity contribution in [2.24, 2.45) is 0 Å². The van der Waals surface area contributed by atoms with Gasteiger partial charge in [0.2, 0.25) is 0 Å². The first kappa shape index (κ1) is 12.0. The molecule has 3 heterocycles. The third kappa shape index (κ3) is 2.40. The zero-order valence-electron chi connectivity index (χ0n) is 10.2. The Hall–Kier alpha value is -1.01. The summed E-state index contributed by atoms with van der Waals surface area (Å²) < 4.78 is 22.8. The lowest BCUT2D eigenvalue weighted by molar-refractivity contribution is 0.530. The number of aromatic nitrogens is 2. The molecule has 18 heavy (non-hydrogen) atoms. The van der Waals surface area contributed by atoms with Gasteiger partial charge in [-0.3, -0.25) is 0 Å². The third-order valence-corrected chi connectivity index (χ3v) is 5.46. The lowest BCUT2D eigenvalue weighted by Gasteiger charge is -2.22. The molecule has 3 rings (SSSR count). The Kier molecular flexibility index (Phi) is 3.07. The number of nitrogens with one attached hydrogen (secondary N) is 1. The molecule has 6 heteroatoms. The molecule has 0 aromatic carbocycles. The lowest BCUT2D eigenvalue weighted by atomic mass is 10.0. The molecule has 0 radical (unpaired) electrons. The second kappa shape index (κ2) is 4.59. The van der Waals surface area contributed by atoms with E-state index in [-0.39, 0.29) is 17.4 Å². The largest absolute Gasteiger partial charge is 0.312 e. The Bertz CT molecular complexity index is 542. The number of fused-ring (bicyclic) bond motifs is 1. The van der Waals surface area contributed by atoms with Gasteiger partial charge in [-0.1, -0.05) is 0 Å². The summed E-state index contributed by atoms with van der Waals surface area (Å²) in [5.74, 6) is 1.61. The van der Waals surface area contributed by atoms with Gasteiger partial charge < -0.3 is 5.32 Å². The molecule has 1 N–H and O–H groups in total. The van der Waals surface area contributed by atoms with E-state index in [0.29, 0.717) is 12.8 Å². The fraction of sp³-hybridized carbons (Fsp3) is 0.667. The minimum Gasteiger partial charge on any atom is -0.312 e. The van der Waals surface area contributed by atoms with Crippen molar-refractivity contribution in [1.82, 2.24) is 15.3 Å². The molecule has 0 aliphatic carbocycles. The highest BCUT2D eigenvalue weighted by Gasteiger charge is 2.27.